The van der Waals surface area contributed by atoms with Gasteiger partial charge in [-0.25, -0.2) is 0 Å². The Kier molecular flexibility index (Phi) is 4.94. The summed E-state index contributed by atoms with van der Waals surface area (Å²) in [6, 6.07) is 16.3. The van der Waals surface area contributed by atoms with Gasteiger partial charge in [0.1, 0.15) is 12.1 Å². The van der Waals surface area contributed by atoms with Crippen molar-refractivity contribution in [2.75, 3.05) is 0 Å². The predicted molar refractivity (Wildman–Crippen MR) is 99.3 cm³/mol. The Balaban J connectivity index is 1.98. The van der Waals surface area contributed by atoms with Crippen LogP contribution in [0.1, 0.15) is 44.0 Å². The highest BCUT2D eigenvalue weighted by Gasteiger charge is 2.51. The lowest BCUT2D eigenvalue weighted by molar-refractivity contribution is -0.763. The molecule has 0 radical (unpaired) electrons. The zero-order valence-corrected chi connectivity index (χ0v) is 15.7. The Morgan fingerprint density at radius 2 is 1.12 bits per heavy atom. The minimum atomic E-state index is -0.761. The average molecular weight is 365 g/mol. The lowest BCUT2D eigenvalue weighted by Crippen LogP contribution is -2.93. The summed E-state index contributed by atoms with van der Waals surface area (Å²) >= 11 is 12.1. The third-order valence-corrected chi connectivity index (χ3v) is 6.35. The Bertz CT molecular complexity index is 637. The van der Waals surface area contributed by atoms with E-state index in [1.54, 1.807) is 0 Å². The van der Waals surface area contributed by atoms with Gasteiger partial charge in [-0.1, -0.05) is 61.3 Å². The summed E-state index contributed by atoms with van der Waals surface area (Å²) in [7, 11) is 0. The van der Waals surface area contributed by atoms with Gasteiger partial charge in [0.2, 0.25) is 0 Å². The molecule has 1 saturated heterocycles. The van der Waals surface area contributed by atoms with Crippen molar-refractivity contribution in [3.63, 3.8) is 0 Å². The van der Waals surface area contributed by atoms with E-state index < -0.39 is 5.60 Å². The van der Waals surface area contributed by atoms with Crippen LogP contribution < -0.4 is 5.32 Å². The van der Waals surface area contributed by atoms with Crippen LogP contribution >= 0.6 is 23.2 Å². The van der Waals surface area contributed by atoms with Crippen LogP contribution in [0.2, 0.25) is 10.0 Å². The van der Waals surface area contributed by atoms with Crippen molar-refractivity contribution in [1.29, 1.82) is 0 Å². The smallest absolute Gasteiger partial charge is 0.117 e. The lowest BCUT2D eigenvalue weighted by atomic mass is 9.67. The maximum Gasteiger partial charge on any atom is 0.117 e. The Labute approximate surface area is 153 Å². The highest BCUT2D eigenvalue weighted by atomic mass is 35.5. The molecule has 3 N–H and O–H groups in total. The van der Waals surface area contributed by atoms with Crippen LogP contribution in [0.25, 0.3) is 0 Å². The highest BCUT2D eigenvalue weighted by molar-refractivity contribution is 6.30. The first-order valence-corrected chi connectivity index (χ1v) is 9.14. The normalized spacial score (nSPS) is 33.4. The summed E-state index contributed by atoms with van der Waals surface area (Å²) in [4.78, 5) is 0. The van der Waals surface area contributed by atoms with Crippen LogP contribution in [-0.4, -0.2) is 10.7 Å². The number of aliphatic hydroxyl groups is 1. The van der Waals surface area contributed by atoms with Crippen molar-refractivity contribution < 1.29 is 10.4 Å². The molecular weight excluding hydrogens is 341 g/mol. The molecule has 128 valence electrons. The van der Waals surface area contributed by atoms with E-state index in [-0.39, 0.29) is 23.9 Å². The second-order valence-electron chi connectivity index (χ2n) is 7.15. The number of halogens is 2. The maximum absolute atomic E-state index is 11.2. The number of hydrogen-bond donors (Lipinski definition) is 2. The molecular formula is C20H24Cl2NO+. The summed E-state index contributed by atoms with van der Waals surface area (Å²) in [6.45, 7) is 6.22. The molecule has 1 fully saturated rings. The molecule has 1 aliphatic rings. The average Bonchev–Trinajstić information content (AvgIpc) is 2.56. The van der Waals surface area contributed by atoms with Crippen molar-refractivity contribution in [2.45, 2.75) is 38.5 Å². The number of benzene rings is 2. The van der Waals surface area contributed by atoms with Crippen LogP contribution in [0.3, 0.4) is 0 Å². The quantitative estimate of drug-likeness (QED) is 0.814. The van der Waals surface area contributed by atoms with Crippen molar-refractivity contribution in [2.24, 2.45) is 11.8 Å². The first-order valence-electron chi connectivity index (χ1n) is 8.39. The van der Waals surface area contributed by atoms with Gasteiger partial charge < -0.3 is 10.4 Å². The summed E-state index contributed by atoms with van der Waals surface area (Å²) in [5.74, 6) is 0.245. The molecule has 2 aromatic rings. The zero-order chi connectivity index (χ0) is 17.5. The Hall–Kier alpha value is -1.06. The molecule has 0 amide bonds. The second-order valence-corrected chi connectivity index (χ2v) is 8.02. The molecule has 24 heavy (non-hydrogen) atoms. The molecule has 2 nitrogen and oxygen atoms in total. The summed E-state index contributed by atoms with van der Waals surface area (Å²) in [5.41, 5.74) is 1.62. The van der Waals surface area contributed by atoms with Gasteiger partial charge in [0, 0.05) is 33.0 Å². The summed E-state index contributed by atoms with van der Waals surface area (Å²) in [6.07, 6.45) is 0. The molecule has 0 saturated carbocycles. The van der Waals surface area contributed by atoms with Gasteiger partial charge >= 0.3 is 0 Å². The van der Waals surface area contributed by atoms with E-state index in [0.29, 0.717) is 0 Å². The molecule has 0 aliphatic carbocycles. The lowest BCUT2D eigenvalue weighted by Gasteiger charge is -2.47. The molecule has 4 atom stereocenters. The van der Waals surface area contributed by atoms with Crippen LogP contribution in [0.15, 0.2) is 48.5 Å². The summed E-state index contributed by atoms with van der Waals surface area (Å²) < 4.78 is 0. The number of nitrogens with two attached hydrogens (primary N) is 1. The van der Waals surface area contributed by atoms with E-state index in [9.17, 15) is 5.11 Å². The van der Waals surface area contributed by atoms with E-state index in [0.717, 1.165) is 10.0 Å². The predicted octanol–water partition coefficient (Wildman–Crippen LogP) is 4.38. The van der Waals surface area contributed by atoms with E-state index in [1.807, 2.05) is 31.2 Å². The Morgan fingerprint density at radius 3 is 1.46 bits per heavy atom. The summed E-state index contributed by atoms with van der Waals surface area (Å²) in [5, 5.41) is 15.1. The van der Waals surface area contributed by atoms with Gasteiger partial charge in [-0.05, 0) is 31.2 Å². The first-order chi connectivity index (χ1) is 11.3. The van der Waals surface area contributed by atoms with E-state index >= 15 is 0 Å². The maximum atomic E-state index is 11.2. The van der Waals surface area contributed by atoms with Crippen molar-refractivity contribution in [1.82, 2.24) is 0 Å². The molecule has 1 aliphatic heterocycles. The van der Waals surface area contributed by atoms with Crippen molar-refractivity contribution >= 4 is 23.2 Å². The Morgan fingerprint density at radius 1 is 0.792 bits per heavy atom. The van der Waals surface area contributed by atoms with E-state index in [1.165, 1.54) is 11.1 Å². The molecule has 0 unspecified atom stereocenters. The van der Waals surface area contributed by atoms with Gasteiger partial charge in [0.15, 0.2) is 0 Å². The molecule has 0 aromatic heterocycles. The minimum Gasteiger partial charge on any atom is -0.389 e. The first kappa shape index (κ1) is 17.8. The monoisotopic (exact) mass is 364 g/mol. The van der Waals surface area contributed by atoms with Crippen LogP contribution in [0.4, 0.5) is 0 Å². The number of rotatable bonds is 2. The number of piperidine rings is 1. The highest BCUT2D eigenvalue weighted by Crippen LogP contribution is 2.42. The topological polar surface area (TPSA) is 36.8 Å². The third-order valence-electron chi connectivity index (χ3n) is 5.85. The largest absolute Gasteiger partial charge is 0.389 e. The van der Waals surface area contributed by atoms with Gasteiger partial charge in [0.25, 0.3) is 0 Å². The van der Waals surface area contributed by atoms with E-state index in [4.69, 9.17) is 23.2 Å². The fraction of sp³-hybridized carbons (Fsp3) is 0.400. The van der Waals surface area contributed by atoms with Crippen molar-refractivity contribution in [3.8, 4) is 0 Å². The molecule has 3 rings (SSSR count). The fourth-order valence-corrected chi connectivity index (χ4v) is 4.12. The van der Waals surface area contributed by atoms with Crippen molar-refractivity contribution in [3.05, 3.63) is 69.7 Å². The minimum absolute atomic E-state index is 0.122. The molecule has 0 bridgehead atoms. The van der Waals surface area contributed by atoms with Gasteiger partial charge in [-0.3, -0.25) is 0 Å². The van der Waals surface area contributed by atoms with Gasteiger partial charge in [-0.15, -0.1) is 0 Å². The third kappa shape index (κ3) is 3.21. The van der Waals surface area contributed by atoms with E-state index in [2.05, 4.69) is 43.4 Å². The molecule has 2 aromatic carbocycles. The number of hydrogen-bond acceptors (Lipinski definition) is 1. The zero-order valence-electron chi connectivity index (χ0n) is 14.2. The molecule has 0 spiro atoms. The molecule has 1 heterocycles. The molecule has 4 heteroatoms. The SMILES string of the molecule is C[C@H]1[C@@H](c2ccc(Cl)cc2)[NH2+][C@H](c2ccc(Cl)cc2)[C@H](C)C1(C)O. The standard InChI is InChI=1S/C20H23Cl2NO/c1-12-18(14-4-8-16(21)9-5-14)23-19(13(2)20(12,3)24)15-6-10-17(22)11-7-15/h4-13,18-19,23-24H,1-3H3/p+1/t12-,13-,18-,19-/m0/s1. The van der Waals surface area contributed by atoms with Crippen LogP contribution in [0.5, 0.6) is 0 Å². The van der Waals surface area contributed by atoms with Gasteiger partial charge in [0.05, 0.1) is 5.60 Å². The number of quaternary nitrogens is 1. The van der Waals surface area contributed by atoms with Gasteiger partial charge in [-0.2, -0.15) is 0 Å². The van der Waals surface area contributed by atoms with Crippen LogP contribution in [-0.2, 0) is 0 Å². The second kappa shape index (κ2) is 6.68. The van der Waals surface area contributed by atoms with Crippen LogP contribution in [0, 0.1) is 11.8 Å². The fourth-order valence-electron chi connectivity index (χ4n) is 3.87.